The molecule has 0 atom stereocenters. The average molecular weight is 454 g/mol. The van der Waals surface area contributed by atoms with E-state index < -0.39 is 0 Å². The fraction of sp³-hybridized carbons (Fsp3) is 0. The quantitative estimate of drug-likeness (QED) is 0.207. The van der Waals surface area contributed by atoms with Crippen molar-refractivity contribution in [3.05, 3.63) is 137 Å². The maximum atomic E-state index is 11.4. The van der Waals surface area contributed by atoms with Gasteiger partial charge in [0, 0.05) is 28.6 Å². The minimum Gasteiger partial charge on any atom is -0.258 e. The summed E-state index contributed by atoms with van der Waals surface area (Å²) in [4.78, 5) is 21.0. The SMILES string of the molecule is O=[N+]([O-])c1cccc(-c2ccc3c4c(cccc24)C(=Nc2ccccc2)C3=Nc2ccccc2)c1. The topological polar surface area (TPSA) is 67.9 Å². The number of non-ortho nitro benzene ring substituents is 1. The number of hydrogen-bond donors (Lipinski definition) is 0. The van der Waals surface area contributed by atoms with E-state index in [-0.39, 0.29) is 10.6 Å². The summed E-state index contributed by atoms with van der Waals surface area (Å²) in [6.07, 6.45) is 0. The number of hydrogen-bond acceptors (Lipinski definition) is 4. The van der Waals surface area contributed by atoms with E-state index in [1.165, 1.54) is 6.07 Å². The van der Waals surface area contributed by atoms with Crippen LogP contribution in [0.5, 0.6) is 0 Å². The lowest BCUT2D eigenvalue weighted by Crippen LogP contribution is -2.10. The molecule has 0 N–H and O–H groups in total. The number of benzene rings is 5. The maximum absolute atomic E-state index is 11.4. The molecular weight excluding hydrogens is 434 g/mol. The Balaban J connectivity index is 1.62. The highest BCUT2D eigenvalue weighted by molar-refractivity contribution is 6.61. The third-order valence-electron chi connectivity index (χ3n) is 6.14. The summed E-state index contributed by atoms with van der Waals surface area (Å²) in [6.45, 7) is 0. The number of nitro benzene ring substituents is 1. The molecule has 1 aliphatic rings. The molecule has 5 nitrogen and oxygen atoms in total. The van der Waals surface area contributed by atoms with E-state index in [0.717, 1.165) is 55.8 Å². The van der Waals surface area contributed by atoms with Crippen LogP contribution < -0.4 is 0 Å². The van der Waals surface area contributed by atoms with Crippen LogP contribution in [0.25, 0.3) is 21.9 Å². The summed E-state index contributed by atoms with van der Waals surface area (Å²) in [7, 11) is 0. The number of aliphatic imine (C=N–C) groups is 2. The molecule has 0 aliphatic heterocycles. The molecule has 0 amide bonds. The second kappa shape index (κ2) is 8.47. The minimum absolute atomic E-state index is 0.0726. The predicted molar refractivity (Wildman–Crippen MR) is 141 cm³/mol. The Bertz CT molecular complexity index is 1590. The molecule has 35 heavy (non-hydrogen) atoms. The molecule has 0 saturated heterocycles. The van der Waals surface area contributed by atoms with Crippen LogP contribution >= 0.6 is 0 Å². The van der Waals surface area contributed by atoms with E-state index in [4.69, 9.17) is 9.98 Å². The van der Waals surface area contributed by atoms with E-state index in [1.807, 2.05) is 78.9 Å². The van der Waals surface area contributed by atoms with Crippen molar-refractivity contribution < 1.29 is 4.92 Å². The van der Waals surface area contributed by atoms with E-state index >= 15 is 0 Å². The van der Waals surface area contributed by atoms with Crippen LogP contribution in [0, 0.1) is 10.1 Å². The van der Waals surface area contributed by atoms with Crippen molar-refractivity contribution in [2.45, 2.75) is 0 Å². The lowest BCUT2D eigenvalue weighted by atomic mass is 9.95. The Morgan fingerprint density at radius 2 is 1.14 bits per heavy atom. The zero-order valence-corrected chi connectivity index (χ0v) is 18.6. The number of nitro groups is 1. The van der Waals surface area contributed by atoms with E-state index in [1.54, 1.807) is 12.1 Å². The van der Waals surface area contributed by atoms with Crippen LogP contribution in [0.1, 0.15) is 11.1 Å². The van der Waals surface area contributed by atoms with Gasteiger partial charge in [-0.3, -0.25) is 10.1 Å². The molecule has 166 valence electrons. The Morgan fingerprint density at radius 3 is 1.77 bits per heavy atom. The second-order valence-electron chi connectivity index (χ2n) is 8.29. The van der Waals surface area contributed by atoms with Crippen molar-refractivity contribution in [3.8, 4) is 11.1 Å². The van der Waals surface area contributed by atoms with Crippen LogP contribution in [-0.2, 0) is 0 Å². The number of rotatable bonds is 4. The highest BCUT2D eigenvalue weighted by Crippen LogP contribution is 2.39. The Kier molecular flexibility index (Phi) is 5.00. The maximum Gasteiger partial charge on any atom is 0.270 e. The van der Waals surface area contributed by atoms with Crippen LogP contribution in [0.4, 0.5) is 17.1 Å². The molecule has 0 bridgehead atoms. The van der Waals surface area contributed by atoms with Crippen LogP contribution in [0.15, 0.2) is 125 Å². The van der Waals surface area contributed by atoms with Gasteiger partial charge in [-0.05, 0) is 40.8 Å². The molecule has 5 aromatic carbocycles. The molecule has 5 heteroatoms. The number of nitrogens with zero attached hydrogens (tertiary/aromatic N) is 3. The monoisotopic (exact) mass is 453 g/mol. The molecular formula is C30H19N3O2. The zero-order chi connectivity index (χ0) is 23.8. The van der Waals surface area contributed by atoms with Gasteiger partial charge in [0.2, 0.25) is 0 Å². The molecule has 0 spiro atoms. The van der Waals surface area contributed by atoms with Crippen LogP contribution in [0.3, 0.4) is 0 Å². The molecule has 0 saturated carbocycles. The lowest BCUT2D eigenvalue weighted by molar-refractivity contribution is -0.384. The second-order valence-corrected chi connectivity index (χ2v) is 8.29. The van der Waals surface area contributed by atoms with Gasteiger partial charge in [0.15, 0.2) is 0 Å². The molecule has 6 rings (SSSR count). The van der Waals surface area contributed by atoms with Crippen molar-refractivity contribution in [2.75, 3.05) is 0 Å². The van der Waals surface area contributed by atoms with Crippen molar-refractivity contribution in [1.29, 1.82) is 0 Å². The van der Waals surface area contributed by atoms with Gasteiger partial charge < -0.3 is 0 Å². The summed E-state index contributed by atoms with van der Waals surface area (Å²) in [5.74, 6) is 0. The third kappa shape index (κ3) is 3.69. The summed E-state index contributed by atoms with van der Waals surface area (Å²) in [5.41, 5.74) is 7.16. The first-order valence-corrected chi connectivity index (χ1v) is 11.3. The molecule has 0 fully saturated rings. The predicted octanol–water partition coefficient (Wildman–Crippen LogP) is 7.67. The van der Waals surface area contributed by atoms with Crippen LogP contribution in [-0.4, -0.2) is 16.3 Å². The largest absolute Gasteiger partial charge is 0.270 e. The van der Waals surface area contributed by atoms with Crippen molar-refractivity contribution in [3.63, 3.8) is 0 Å². The molecule has 1 aliphatic carbocycles. The van der Waals surface area contributed by atoms with Crippen molar-refractivity contribution in [2.24, 2.45) is 9.98 Å². The minimum atomic E-state index is -0.362. The molecule has 0 heterocycles. The highest BCUT2D eigenvalue weighted by atomic mass is 16.6. The van der Waals surface area contributed by atoms with Gasteiger partial charge in [-0.15, -0.1) is 0 Å². The van der Waals surface area contributed by atoms with Gasteiger partial charge >= 0.3 is 0 Å². The molecule has 0 aromatic heterocycles. The first kappa shape index (κ1) is 20.7. The summed E-state index contributed by atoms with van der Waals surface area (Å²) < 4.78 is 0. The van der Waals surface area contributed by atoms with Gasteiger partial charge in [-0.1, -0.05) is 78.9 Å². The fourth-order valence-electron chi connectivity index (χ4n) is 4.58. The van der Waals surface area contributed by atoms with Crippen LogP contribution in [0.2, 0.25) is 0 Å². The van der Waals surface area contributed by atoms with Gasteiger partial charge in [0.25, 0.3) is 5.69 Å². The van der Waals surface area contributed by atoms with Crippen molar-refractivity contribution >= 4 is 39.3 Å². The smallest absolute Gasteiger partial charge is 0.258 e. The van der Waals surface area contributed by atoms with E-state index in [2.05, 4.69) is 18.2 Å². The first-order chi connectivity index (χ1) is 17.2. The summed E-state index contributed by atoms with van der Waals surface area (Å²) in [6, 6.07) is 36.7. The van der Waals surface area contributed by atoms with E-state index in [9.17, 15) is 10.1 Å². The Morgan fingerprint density at radius 1 is 0.571 bits per heavy atom. The standard InChI is InChI=1S/C30H19N3O2/c34-33(35)23-14-7-9-20(19-23)24-17-18-27-28-25(24)15-8-16-26(28)29(31-21-10-3-1-4-11-21)30(27)32-22-12-5-2-6-13-22/h1-19H. The average Bonchev–Trinajstić information content (AvgIpc) is 3.19. The van der Waals surface area contributed by atoms with Gasteiger partial charge in [0.05, 0.1) is 27.7 Å². The van der Waals surface area contributed by atoms with Gasteiger partial charge in [0.1, 0.15) is 0 Å². The fourth-order valence-corrected chi connectivity index (χ4v) is 4.58. The summed E-state index contributed by atoms with van der Waals surface area (Å²) in [5, 5.41) is 13.4. The lowest BCUT2D eigenvalue weighted by Gasteiger charge is -2.09. The Hall–Kier alpha value is -4.90. The summed E-state index contributed by atoms with van der Waals surface area (Å²) >= 11 is 0. The third-order valence-corrected chi connectivity index (χ3v) is 6.14. The molecule has 0 unspecified atom stereocenters. The van der Waals surface area contributed by atoms with E-state index in [0.29, 0.717) is 0 Å². The molecule has 5 aromatic rings. The Labute approximate surface area is 201 Å². The van der Waals surface area contributed by atoms with Gasteiger partial charge in [-0.25, -0.2) is 9.98 Å². The molecule has 0 radical (unpaired) electrons. The van der Waals surface area contributed by atoms with Gasteiger partial charge in [-0.2, -0.15) is 0 Å². The number of para-hydroxylation sites is 2. The normalized spacial score (nSPS) is 14.6. The van der Waals surface area contributed by atoms with Crippen molar-refractivity contribution in [1.82, 2.24) is 0 Å². The first-order valence-electron chi connectivity index (χ1n) is 11.3. The highest BCUT2D eigenvalue weighted by Gasteiger charge is 2.28. The zero-order valence-electron chi connectivity index (χ0n) is 18.6.